The average Bonchev–Trinajstić information content (AvgIpc) is 1.35. The van der Waals surface area contributed by atoms with Gasteiger partial charge in [0.25, 0.3) is 0 Å². The highest BCUT2D eigenvalue weighted by atomic mass is 16.1. The van der Waals surface area contributed by atoms with Gasteiger partial charge in [-0.1, -0.05) is 13.8 Å². The van der Waals surface area contributed by atoms with Gasteiger partial charge in [-0.2, -0.15) is 0 Å². The molecule has 0 bridgehead atoms. The SMILES string of the molecule is CC(C)C[C]=O. The molecule has 6 heavy (non-hydrogen) atoms. The summed E-state index contributed by atoms with van der Waals surface area (Å²) < 4.78 is 0. The van der Waals surface area contributed by atoms with E-state index >= 15 is 0 Å². The third kappa shape index (κ3) is 3.67. The van der Waals surface area contributed by atoms with E-state index in [4.69, 9.17) is 0 Å². The molecule has 0 aliphatic carbocycles. The van der Waals surface area contributed by atoms with Gasteiger partial charge in [-0.25, -0.2) is 0 Å². The van der Waals surface area contributed by atoms with Gasteiger partial charge in [0.15, 0.2) is 6.29 Å². The molecular weight excluding hydrogens is 76.1 g/mol. The fourth-order valence-electron chi connectivity index (χ4n) is 0.167. The second kappa shape index (κ2) is 2.88. The van der Waals surface area contributed by atoms with Gasteiger partial charge in [0.2, 0.25) is 0 Å². The third-order valence-electron chi connectivity index (χ3n) is 0.492. The van der Waals surface area contributed by atoms with Crippen molar-refractivity contribution in [2.45, 2.75) is 20.3 Å². The van der Waals surface area contributed by atoms with Crippen LogP contribution in [0.3, 0.4) is 0 Å². The molecule has 0 heterocycles. The molecule has 1 radical (unpaired) electrons. The Morgan fingerprint density at radius 2 is 2.17 bits per heavy atom. The topological polar surface area (TPSA) is 17.1 Å². The van der Waals surface area contributed by atoms with Crippen LogP contribution in [0.2, 0.25) is 0 Å². The Kier molecular flexibility index (Phi) is 2.73. The molecule has 1 heteroatoms. The lowest BCUT2D eigenvalue weighted by Gasteiger charge is -1.88. The highest BCUT2D eigenvalue weighted by Gasteiger charge is 1.87. The van der Waals surface area contributed by atoms with E-state index in [2.05, 4.69) is 0 Å². The Labute approximate surface area is 38.4 Å². The first-order chi connectivity index (χ1) is 2.77. The van der Waals surface area contributed by atoms with Gasteiger partial charge in [-0.05, 0) is 5.92 Å². The van der Waals surface area contributed by atoms with Gasteiger partial charge in [-0.3, -0.25) is 4.79 Å². The van der Waals surface area contributed by atoms with Crippen LogP contribution in [0.5, 0.6) is 0 Å². The second-order valence-electron chi connectivity index (χ2n) is 1.74. The maximum atomic E-state index is 9.49. The average molecular weight is 85.1 g/mol. The maximum absolute atomic E-state index is 9.49. The molecule has 0 amide bonds. The summed E-state index contributed by atoms with van der Waals surface area (Å²) in [5.41, 5.74) is 0. The van der Waals surface area contributed by atoms with Crippen molar-refractivity contribution in [2.75, 3.05) is 0 Å². The third-order valence-corrected chi connectivity index (χ3v) is 0.492. The van der Waals surface area contributed by atoms with Gasteiger partial charge in [0, 0.05) is 6.42 Å². The zero-order valence-corrected chi connectivity index (χ0v) is 4.19. The van der Waals surface area contributed by atoms with Crippen LogP contribution in [0.15, 0.2) is 0 Å². The van der Waals surface area contributed by atoms with Crippen LogP contribution >= 0.6 is 0 Å². The number of rotatable bonds is 2. The molecule has 0 unspecified atom stereocenters. The Morgan fingerprint density at radius 3 is 2.17 bits per heavy atom. The van der Waals surface area contributed by atoms with Crippen LogP contribution in [0.4, 0.5) is 0 Å². The summed E-state index contributed by atoms with van der Waals surface area (Å²) in [4.78, 5) is 9.49. The molecule has 0 aromatic carbocycles. The summed E-state index contributed by atoms with van der Waals surface area (Å²) in [5, 5.41) is 0. The van der Waals surface area contributed by atoms with Gasteiger partial charge in [0.05, 0.1) is 0 Å². The first-order valence-corrected chi connectivity index (χ1v) is 2.12. The Morgan fingerprint density at radius 1 is 1.67 bits per heavy atom. The molecule has 0 fully saturated rings. The van der Waals surface area contributed by atoms with Gasteiger partial charge < -0.3 is 0 Å². The predicted molar refractivity (Wildman–Crippen MR) is 25.1 cm³/mol. The molecule has 0 aromatic rings. The van der Waals surface area contributed by atoms with E-state index < -0.39 is 0 Å². The zero-order valence-electron chi connectivity index (χ0n) is 4.19. The molecule has 0 aliphatic rings. The molecule has 0 spiro atoms. The van der Waals surface area contributed by atoms with Crippen LogP contribution in [-0.4, -0.2) is 6.29 Å². The van der Waals surface area contributed by atoms with Crippen molar-refractivity contribution >= 4 is 6.29 Å². The van der Waals surface area contributed by atoms with Crippen molar-refractivity contribution in [1.29, 1.82) is 0 Å². The monoisotopic (exact) mass is 85.1 g/mol. The fraction of sp³-hybridized carbons (Fsp3) is 0.800. The van der Waals surface area contributed by atoms with Crippen LogP contribution in [0.25, 0.3) is 0 Å². The summed E-state index contributed by atoms with van der Waals surface area (Å²) >= 11 is 0. The van der Waals surface area contributed by atoms with E-state index in [0.717, 1.165) is 0 Å². The summed E-state index contributed by atoms with van der Waals surface area (Å²) in [6, 6.07) is 0. The van der Waals surface area contributed by atoms with Gasteiger partial charge in [0.1, 0.15) is 0 Å². The number of hydrogen-bond donors (Lipinski definition) is 0. The lowest BCUT2D eigenvalue weighted by atomic mass is 10.2. The summed E-state index contributed by atoms with van der Waals surface area (Å²) in [6.45, 7) is 3.98. The van der Waals surface area contributed by atoms with E-state index in [9.17, 15) is 4.79 Å². The second-order valence-corrected chi connectivity index (χ2v) is 1.74. The molecule has 0 atom stereocenters. The Bertz CT molecular complexity index is 39.2. The molecule has 0 rings (SSSR count). The lowest BCUT2D eigenvalue weighted by Crippen LogP contribution is -1.84. The van der Waals surface area contributed by atoms with Crippen molar-refractivity contribution in [3.05, 3.63) is 0 Å². The fourth-order valence-corrected chi connectivity index (χ4v) is 0.167. The molecule has 0 saturated heterocycles. The molecule has 0 aromatic heterocycles. The minimum Gasteiger partial charge on any atom is -0.291 e. The first kappa shape index (κ1) is 5.67. The van der Waals surface area contributed by atoms with E-state index in [1.807, 2.05) is 20.1 Å². The van der Waals surface area contributed by atoms with Crippen LogP contribution in [-0.2, 0) is 4.79 Å². The molecule has 1 nitrogen and oxygen atoms in total. The predicted octanol–water partition coefficient (Wildman–Crippen LogP) is 1.14. The number of carbonyl (C=O) groups excluding carboxylic acids is 1. The van der Waals surface area contributed by atoms with Crippen LogP contribution < -0.4 is 0 Å². The van der Waals surface area contributed by atoms with E-state index in [-0.39, 0.29) is 0 Å². The van der Waals surface area contributed by atoms with Crippen molar-refractivity contribution in [2.24, 2.45) is 5.92 Å². The molecule has 0 saturated carbocycles. The maximum Gasteiger partial charge on any atom is 0.198 e. The number of hydrogen-bond acceptors (Lipinski definition) is 1. The van der Waals surface area contributed by atoms with Crippen LogP contribution in [0, 0.1) is 5.92 Å². The van der Waals surface area contributed by atoms with Gasteiger partial charge in [-0.15, -0.1) is 0 Å². The van der Waals surface area contributed by atoms with Crippen molar-refractivity contribution in [3.63, 3.8) is 0 Å². The lowest BCUT2D eigenvalue weighted by molar-refractivity contribution is 0.535. The molecule has 35 valence electrons. The van der Waals surface area contributed by atoms with Crippen LogP contribution in [0.1, 0.15) is 20.3 Å². The molecular formula is C5H9O. The molecule has 0 aliphatic heterocycles. The van der Waals surface area contributed by atoms with E-state index in [1.165, 1.54) is 0 Å². The van der Waals surface area contributed by atoms with Crippen molar-refractivity contribution < 1.29 is 4.79 Å². The smallest absolute Gasteiger partial charge is 0.198 e. The largest absolute Gasteiger partial charge is 0.291 e. The van der Waals surface area contributed by atoms with Crippen molar-refractivity contribution in [3.8, 4) is 0 Å². The van der Waals surface area contributed by atoms with Gasteiger partial charge >= 0.3 is 0 Å². The Hall–Kier alpha value is -0.330. The summed E-state index contributed by atoms with van der Waals surface area (Å²) in [5.74, 6) is 0.475. The summed E-state index contributed by atoms with van der Waals surface area (Å²) in [7, 11) is 0. The van der Waals surface area contributed by atoms with E-state index in [0.29, 0.717) is 12.3 Å². The normalized spacial score (nSPS) is 9.17. The Balaban J connectivity index is 2.81. The highest BCUT2D eigenvalue weighted by molar-refractivity contribution is 5.50. The minimum absolute atomic E-state index is 0.475. The molecule has 0 N–H and O–H groups in total. The summed E-state index contributed by atoms with van der Waals surface area (Å²) in [6.07, 6.45) is 2.39. The van der Waals surface area contributed by atoms with Crippen molar-refractivity contribution in [1.82, 2.24) is 0 Å². The quantitative estimate of drug-likeness (QED) is 0.491. The standard InChI is InChI=1S/C5H9O/c1-5(2)3-4-6/h5H,3H2,1-2H3. The first-order valence-electron chi connectivity index (χ1n) is 2.12. The highest BCUT2D eigenvalue weighted by Crippen LogP contribution is 1.92. The van der Waals surface area contributed by atoms with E-state index in [1.54, 1.807) is 0 Å². The zero-order chi connectivity index (χ0) is 4.99. The minimum atomic E-state index is 0.475.